The fourth-order valence-corrected chi connectivity index (χ4v) is 5.02. The Morgan fingerprint density at radius 2 is 1.84 bits per heavy atom. The number of pyridine rings is 1. The molecule has 32 heavy (non-hydrogen) atoms. The predicted octanol–water partition coefficient (Wildman–Crippen LogP) is 2.91. The van der Waals surface area contributed by atoms with Crippen LogP contribution in [0.25, 0.3) is 16.7 Å². The largest absolute Gasteiger partial charge is 0.477 e. The summed E-state index contributed by atoms with van der Waals surface area (Å²) in [5.74, 6) is -0.598. The van der Waals surface area contributed by atoms with Gasteiger partial charge in [0.15, 0.2) is 11.3 Å². The summed E-state index contributed by atoms with van der Waals surface area (Å²) in [4.78, 5) is 21.3. The van der Waals surface area contributed by atoms with Gasteiger partial charge in [0.1, 0.15) is 0 Å². The third-order valence-corrected chi connectivity index (χ3v) is 7.12. The van der Waals surface area contributed by atoms with Crippen molar-refractivity contribution in [3.05, 3.63) is 47.8 Å². The van der Waals surface area contributed by atoms with E-state index in [0.29, 0.717) is 17.6 Å². The normalized spacial score (nSPS) is 20.3. The molecule has 3 aromatic rings. The van der Waals surface area contributed by atoms with Crippen LogP contribution in [0.2, 0.25) is 0 Å². The third kappa shape index (κ3) is 3.25. The number of ether oxygens (including phenoxy) is 1. The molecular formula is C24H27N5O3. The Morgan fingerprint density at radius 3 is 2.50 bits per heavy atom. The van der Waals surface area contributed by atoms with Crippen molar-refractivity contribution in [2.24, 2.45) is 0 Å². The first-order valence-electron chi connectivity index (χ1n) is 11.5. The van der Waals surface area contributed by atoms with Gasteiger partial charge >= 0.3 is 5.97 Å². The molecule has 2 aliphatic heterocycles. The highest BCUT2D eigenvalue weighted by Crippen LogP contribution is 2.43. The Bertz CT molecular complexity index is 1150. The second-order valence-electron chi connectivity index (χ2n) is 9.00. The molecule has 3 fully saturated rings. The zero-order valence-corrected chi connectivity index (χ0v) is 18.0. The number of fused-ring (bicyclic) bond motifs is 1. The maximum Gasteiger partial charge on any atom is 0.354 e. The van der Waals surface area contributed by atoms with E-state index in [9.17, 15) is 9.90 Å². The lowest BCUT2D eigenvalue weighted by atomic mass is 9.81. The molecule has 2 saturated heterocycles. The summed E-state index contributed by atoms with van der Waals surface area (Å²) in [7, 11) is 0. The lowest BCUT2D eigenvalue weighted by Crippen LogP contribution is -2.61. The number of carboxylic acid groups (broad SMARTS) is 1. The molecular weight excluding hydrogens is 406 g/mol. The van der Waals surface area contributed by atoms with Crippen LogP contribution in [0.1, 0.15) is 41.4 Å². The molecule has 0 atom stereocenters. The Morgan fingerprint density at radius 1 is 1.09 bits per heavy atom. The van der Waals surface area contributed by atoms with Gasteiger partial charge in [-0.25, -0.2) is 14.5 Å². The molecule has 8 nitrogen and oxygen atoms in total. The van der Waals surface area contributed by atoms with Gasteiger partial charge in [-0.15, -0.1) is 0 Å². The lowest BCUT2D eigenvalue weighted by molar-refractivity contribution is 0.0106. The summed E-state index contributed by atoms with van der Waals surface area (Å²) in [6, 6.07) is 12.1. The van der Waals surface area contributed by atoms with Gasteiger partial charge < -0.3 is 14.7 Å². The van der Waals surface area contributed by atoms with Gasteiger partial charge in [-0.2, -0.15) is 5.10 Å². The number of aromatic nitrogens is 3. The third-order valence-electron chi connectivity index (χ3n) is 7.12. The van der Waals surface area contributed by atoms with Gasteiger partial charge in [0.25, 0.3) is 0 Å². The summed E-state index contributed by atoms with van der Waals surface area (Å²) in [5.41, 5.74) is 3.63. The van der Waals surface area contributed by atoms with Crippen LogP contribution in [0.15, 0.2) is 36.4 Å². The first-order valence-corrected chi connectivity index (χ1v) is 11.5. The molecule has 1 aromatic carbocycles. The number of hydrogen-bond donors (Lipinski definition) is 1. The summed E-state index contributed by atoms with van der Waals surface area (Å²) in [6.07, 6.45) is 3.46. The van der Waals surface area contributed by atoms with E-state index in [1.165, 1.54) is 6.42 Å². The van der Waals surface area contributed by atoms with E-state index in [-0.39, 0.29) is 5.69 Å². The molecule has 8 heteroatoms. The molecule has 3 aliphatic rings. The van der Waals surface area contributed by atoms with Crippen molar-refractivity contribution in [3.63, 3.8) is 0 Å². The van der Waals surface area contributed by atoms with Crippen molar-refractivity contribution in [1.82, 2.24) is 19.7 Å². The van der Waals surface area contributed by atoms with Crippen LogP contribution in [0.5, 0.6) is 0 Å². The number of aromatic carboxylic acids is 1. The Balaban J connectivity index is 1.45. The van der Waals surface area contributed by atoms with Gasteiger partial charge in [0, 0.05) is 38.1 Å². The summed E-state index contributed by atoms with van der Waals surface area (Å²) in [6.45, 7) is 5.27. The highest BCUT2D eigenvalue weighted by atomic mass is 16.5. The number of benzene rings is 1. The molecule has 6 rings (SSSR count). The molecule has 2 aromatic heterocycles. The minimum Gasteiger partial charge on any atom is -0.477 e. The van der Waals surface area contributed by atoms with Crippen molar-refractivity contribution in [1.29, 1.82) is 0 Å². The summed E-state index contributed by atoms with van der Waals surface area (Å²) >= 11 is 0. The molecule has 1 N–H and O–H groups in total. The van der Waals surface area contributed by atoms with Gasteiger partial charge in [-0.1, -0.05) is 24.6 Å². The first-order chi connectivity index (χ1) is 15.7. The maximum absolute atomic E-state index is 12.0. The molecule has 0 radical (unpaired) electrons. The molecule has 0 spiro atoms. The van der Waals surface area contributed by atoms with Crippen LogP contribution in [0.4, 0.5) is 5.69 Å². The topological polar surface area (TPSA) is 83.7 Å². The number of para-hydroxylation sites is 1. The minimum atomic E-state index is -1.01. The number of carbonyl (C=O) groups is 1. The zero-order chi connectivity index (χ0) is 21.7. The molecule has 166 valence electrons. The minimum absolute atomic E-state index is 0.0690. The molecule has 0 amide bonds. The zero-order valence-electron chi connectivity index (χ0n) is 18.0. The lowest BCUT2D eigenvalue weighted by Gasteiger charge is -2.48. The standard InChI is InChI=1S/C24H27N5O3/c30-24(31)19-13-20(28-14-18(15-28)27-9-11-32-12-10-27)21-22(16-5-4-6-16)26-29(23(21)25-19)17-7-2-1-3-8-17/h1-3,7-8,13,16,18H,4-6,9-12,14-15H2,(H,30,31). The van der Waals surface area contributed by atoms with E-state index < -0.39 is 5.97 Å². The molecule has 1 aliphatic carbocycles. The van der Waals surface area contributed by atoms with Crippen molar-refractivity contribution >= 4 is 22.7 Å². The predicted molar refractivity (Wildman–Crippen MR) is 121 cm³/mol. The van der Waals surface area contributed by atoms with Crippen LogP contribution < -0.4 is 4.90 Å². The Hall–Kier alpha value is -2.97. The quantitative estimate of drug-likeness (QED) is 0.662. The van der Waals surface area contributed by atoms with Crippen LogP contribution >= 0.6 is 0 Å². The van der Waals surface area contributed by atoms with Crippen LogP contribution in [0.3, 0.4) is 0 Å². The monoisotopic (exact) mass is 433 g/mol. The van der Waals surface area contributed by atoms with Crippen LogP contribution in [-0.4, -0.2) is 76.2 Å². The van der Waals surface area contributed by atoms with Crippen LogP contribution in [0, 0.1) is 0 Å². The second kappa shape index (κ2) is 7.86. The SMILES string of the molecule is O=C(O)c1cc(N2CC(N3CCOCC3)C2)c2c(C3CCC3)nn(-c3ccccc3)c2n1. The van der Waals surface area contributed by atoms with Crippen molar-refractivity contribution < 1.29 is 14.6 Å². The van der Waals surface area contributed by atoms with Crippen LogP contribution in [-0.2, 0) is 4.74 Å². The molecule has 1 saturated carbocycles. The van der Waals surface area contributed by atoms with E-state index in [0.717, 1.165) is 74.7 Å². The van der Waals surface area contributed by atoms with Gasteiger partial charge in [0.05, 0.1) is 35.7 Å². The first kappa shape index (κ1) is 19.7. The fourth-order valence-electron chi connectivity index (χ4n) is 5.02. The highest BCUT2D eigenvalue weighted by Gasteiger charge is 2.36. The number of nitrogens with zero attached hydrogens (tertiary/aromatic N) is 5. The number of carboxylic acids is 1. The van der Waals surface area contributed by atoms with Crippen molar-refractivity contribution in [2.75, 3.05) is 44.3 Å². The van der Waals surface area contributed by atoms with E-state index in [1.54, 1.807) is 6.07 Å². The smallest absolute Gasteiger partial charge is 0.354 e. The summed E-state index contributed by atoms with van der Waals surface area (Å²) in [5, 5.41) is 15.8. The number of rotatable bonds is 5. The number of morpholine rings is 1. The van der Waals surface area contributed by atoms with E-state index in [2.05, 4.69) is 14.8 Å². The number of hydrogen-bond acceptors (Lipinski definition) is 6. The fraction of sp³-hybridized carbons (Fsp3) is 0.458. The molecule has 4 heterocycles. The Labute approximate surface area is 186 Å². The van der Waals surface area contributed by atoms with E-state index >= 15 is 0 Å². The van der Waals surface area contributed by atoms with Gasteiger partial charge in [0.2, 0.25) is 0 Å². The van der Waals surface area contributed by atoms with Gasteiger partial charge in [-0.3, -0.25) is 4.90 Å². The van der Waals surface area contributed by atoms with Crippen molar-refractivity contribution in [3.8, 4) is 5.69 Å². The number of anilines is 1. The average molecular weight is 434 g/mol. The highest BCUT2D eigenvalue weighted by molar-refractivity contribution is 5.99. The average Bonchev–Trinajstić information content (AvgIpc) is 3.12. The van der Waals surface area contributed by atoms with Crippen molar-refractivity contribution in [2.45, 2.75) is 31.2 Å². The van der Waals surface area contributed by atoms with Gasteiger partial charge in [-0.05, 0) is 31.0 Å². The van der Waals surface area contributed by atoms with E-state index in [4.69, 9.17) is 9.84 Å². The molecule has 0 bridgehead atoms. The second-order valence-corrected chi connectivity index (χ2v) is 9.00. The van der Waals surface area contributed by atoms with E-state index in [1.807, 2.05) is 35.0 Å². The molecule has 0 unspecified atom stereocenters. The maximum atomic E-state index is 12.0. The summed E-state index contributed by atoms with van der Waals surface area (Å²) < 4.78 is 7.33. The Kier molecular flexibility index (Phi) is 4.84.